The van der Waals surface area contributed by atoms with Crippen LogP contribution in [0.2, 0.25) is 0 Å². The minimum Gasteiger partial charge on any atom is -0.353 e. The Morgan fingerprint density at radius 3 is 3.00 bits per heavy atom. The minimum atomic E-state index is 0.00514. The van der Waals surface area contributed by atoms with Crippen molar-refractivity contribution in [3.63, 3.8) is 0 Å². The number of thiophene rings is 1. The Morgan fingerprint density at radius 1 is 1.48 bits per heavy atom. The lowest BCUT2D eigenvalue weighted by Crippen LogP contribution is -2.34. The monoisotopic (exact) mass is 351 g/mol. The molecule has 23 heavy (non-hydrogen) atoms. The maximum atomic E-state index is 12.5. The second-order valence-electron chi connectivity index (χ2n) is 5.82. The summed E-state index contributed by atoms with van der Waals surface area (Å²) >= 11 is 2.78. The molecule has 0 radical (unpaired) electrons. The zero-order chi connectivity index (χ0) is 16.2. The zero-order valence-electron chi connectivity index (χ0n) is 13.2. The topological polar surface area (TPSA) is 64.0 Å². The van der Waals surface area contributed by atoms with Crippen LogP contribution in [-0.2, 0) is 11.3 Å². The number of nitrogens with zero attached hydrogens (tertiary/aromatic N) is 2. The highest BCUT2D eigenvalue weighted by molar-refractivity contribution is 7.99. The van der Waals surface area contributed by atoms with E-state index in [0.717, 1.165) is 24.8 Å². The lowest BCUT2D eigenvalue weighted by atomic mass is 10.2. The first-order chi connectivity index (χ1) is 11.2. The summed E-state index contributed by atoms with van der Waals surface area (Å²) in [6, 6.07) is 2.19. The molecule has 2 aromatic rings. The number of aromatic nitrogens is 2. The average molecular weight is 351 g/mol. The van der Waals surface area contributed by atoms with Gasteiger partial charge >= 0.3 is 0 Å². The molecule has 1 aliphatic carbocycles. The fraction of sp³-hybridized carbons (Fsp3) is 0.562. The first-order valence-electron chi connectivity index (χ1n) is 8.09. The second-order valence-corrected chi connectivity index (χ2v) is 7.68. The lowest BCUT2D eigenvalue weighted by molar-refractivity contribution is -0.119. The van der Waals surface area contributed by atoms with Gasteiger partial charge in [0.15, 0.2) is 5.16 Å². The summed E-state index contributed by atoms with van der Waals surface area (Å²) in [6.45, 7) is 2.67. The van der Waals surface area contributed by atoms with E-state index in [2.05, 4.69) is 10.3 Å². The Kier molecular flexibility index (Phi) is 5.38. The summed E-state index contributed by atoms with van der Waals surface area (Å²) in [5.41, 5.74) is 0.733. The van der Waals surface area contributed by atoms with Gasteiger partial charge in [-0.3, -0.25) is 14.2 Å². The number of thioether (sulfide) groups is 1. The highest BCUT2D eigenvalue weighted by atomic mass is 32.2. The number of amides is 1. The van der Waals surface area contributed by atoms with Gasteiger partial charge in [-0.1, -0.05) is 31.5 Å². The fourth-order valence-electron chi connectivity index (χ4n) is 2.92. The molecule has 0 bridgehead atoms. The minimum absolute atomic E-state index is 0.00514. The second kappa shape index (κ2) is 7.49. The number of rotatable bonds is 6. The predicted octanol–water partition coefficient (Wildman–Crippen LogP) is 3.02. The third-order valence-corrected chi connectivity index (χ3v) is 5.90. The molecule has 2 heterocycles. The van der Waals surface area contributed by atoms with Crippen LogP contribution in [0.25, 0.3) is 10.2 Å². The van der Waals surface area contributed by atoms with Crippen LogP contribution in [0.15, 0.2) is 21.4 Å². The van der Waals surface area contributed by atoms with Crippen LogP contribution in [0.3, 0.4) is 0 Å². The summed E-state index contributed by atoms with van der Waals surface area (Å²) in [5.74, 6) is 0.340. The van der Waals surface area contributed by atoms with Crippen LogP contribution in [0.5, 0.6) is 0 Å². The molecular formula is C16H21N3O2S2. The molecule has 1 saturated carbocycles. The Morgan fingerprint density at radius 2 is 2.26 bits per heavy atom. The van der Waals surface area contributed by atoms with E-state index in [-0.39, 0.29) is 11.5 Å². The van der Waals surface area contributed by atoms with E-state index in [1.165, 1.54) is 35.9 Å². The number of carbonyl (C=O) groups excluding carboxylic acids is 1. The van der Waals surface area contributed by atoms with Crippen molar-refractivity contribution in [3.8, 4) is 0 Å². The van der Waals surface area contributed by atoms with Crippen molar-refractivity contribution in [2.45, 2.75) is 56.8 Å². The number of fused-ring (bicyclic) bond motifs is 1. The quantitative estimate of drug-likeness (QED) is 0.642. The lowest BCUT2D eigenvalue weighted by Gasteiger charge is -2.13. The smallest absolute Gasteiger partial charge is 0.272 e. The van der Waals surface area contributed by atoms with Crippen molar-refractivity contribution in [1.29, 1.82) is 0 Å². The summed E-state index contributed by atoms with van der Waals surface area (Å²) in [5, 5.41) is 5.60. The Labute approximate surface area is 143 Å². The Hall–Kier alpha value is -1.34. The van der Waals surface area contributed by atoms with Gasteiger partial charge in [-0.2, -0.15) is 0 Å². The first kappa shape index (κ1) is 16.5. The molecule has 0 unspecified atom stereocenters. The molecule has 0 aliphatic heterocycles. The molecule has 1 fully saturated rings. The van der Waals surface area contributed by atoms with Crippen molar-refractivity contribution in [2.75, 3.05) is 5.75 Å². The van der Waals surface area contributed by atoms with Crippen LogP contribution < -0.4 is 10.9 Å². The van der Waals surface area contributed by atoms with Gasteiger partial charge < -0.3 is 5.32 Å². The molecule has 0 saturated heterocycles. The van der Waals surface area contributed by atoms with Gasteiger partial charge in [-0.15, -0.1) is 11.3 Å². The van der Waals surface area contributed by atoms with Crippen LogP contribution in [-0.4, -0.2) is 27.3 Å². The van der Waals surface area contributed by atoms with Crippen molar-refractivity contribution in [2.24, 2.45) is 0 Å². The molecule has 0 aromatic carbocycles. The number of hydrogen-bond acceptors (Lipinski definition) is 5. The molecule has 2 aromatic heterocycles. The van der Waals surface area contributed by atoms with Crippen molar-refractivity contribution < 1.29 is 4.79 Å². The van der Waals surface area contributed by atoms with Gasteiger partial charge in [0, 0.05) is 12.6 Å². The standard InChI is InChI=1S/C16H21N3O2S2/c1-2-8-19-15(21)14-12(7-9-22-14)18-16(19)23-10-13(20)17-11-5-3-4-6-11/h7,9,11H,2-6,8,10H2,1H3,(H,17,20). The van der Waals surface area contributed by atoms with Crippen LogP contribution >= 0.6 is 23.1 Å². The molecule has 5 nitrogen and oxygen atoms in total. The SMILES string of the molecule is CCCn1c(SCC(=O)NC2CCCC2)nc2ccsc2c1=O. The van der Waals surface area contributed by atoms with Gasteiger partial charge in [-0.05, 0) is 30.7 Å². The summed E-state index contributed by atoms with van der Waals surface area (Å²) < 4.78 is 2.39. The predicted molar refractivity (Wildman–Crippen MR) is 95.3 cm³/mol. The van der Waals surface area contributed by atoms with Crippen LogP contribution in [0.4, 0.5) is 0 Å². The van der Waals surface area contributed by atoms with Gasteiger partial charge in [0.1, 0.15) is 4.70 Å². The molecule has 0 atom stereocenters. The van der Waals surface area contributed by atoms with Crippen molar-refractivity contribution in [3.05, 3.63) is 21.8 Å². The maximum absolute atomic E-state index is 12.5. The molecule has 1 aliphatic rings. The maximum Gasteiger partial charge on any atom is 0.272 e. The average Bonchev–Trinajstić information content (AvgIpc) is 3.19. The highest BCUT2D eigenvalue weighted by Crippen LogP contribution is 2.22. The van der Waals surface area contributed by atoms with Crippen molar-refractivity contribution >= 4 is 39.2 Å². The van der Waals surface area contributed by atoms with Crippen LogP contribution in [0.1, 0.15) is 39.0 Å². The summed E-state index contributed by atoms with van der Waals surface area (Å²) in [7, 11) is 0. The summed E-state index contributed by atoms with van der Waals surface area (Å²) in [6.07, 6.45) is 5.42. The largest absolute Gasteiger partial charge is 0.353 e. The molecule has 1 N–H and O–H groups in total. The van der Waals surface area contributed by atoms with Gasteiger partial charge in [0.2, 0.25) is 5.91 Å². The zero-order valence-corrected chi connectivity index (χ0v) is 14.8. The Balaban J connectivity index is 1.74. The number of carbonyl (C=O) groups is 1. The van der Waals surface area contributed by atoms with Gasteiger partial charge in [0.05, 0.1) is 11.3 Å². The van der Waals surface area contributed by atoms with E-state index < -0.39 is 0 Å². The van der Waals surface area contributed by atoms with Gasteiger partial charge in [-0.25, -0.2) is 4.98 Å². The molecule has 124 valence electrons. The first-order valence-corrected chi connectivity index (χ1v) is 9.95. The van der Waals surface area contributed by atoms with Crippen molar-refractivity contribution in [1.82, 2.24) is 14.9 Å². The van der Waals surface area contributed by atoms with E-state index in [0.29, 0.717) is 28.2 Å². The molecule has 7 heteroatoms. The van der Waals surface area contributed by atoms with E-state index in [1.54, 1.807) is 4.57 Å². The molecular weight excluding hydrogens is 330 g/mol. The third kappa shape index (κ3) is 3.77. The van der Waals surface area contributed by atoms with E-state index >= 15 is 0 Å². The normalized spacial score (nSPS) is 15.3. The molecule has 0 spiro atoms. The number of nitrogens with one attached hydrogen (secondary N) is 1. The molecule has 3 rings (SSSR count). The van der Waals surface area contributed by atoms with Crippen LogP contribution in [0, 0.1) is 0 Å². The third-order valence-electron chi connectivity index (χ3n) is 4.03. The fourth-order valence-corrected chi connectivity index (χ4v) is 4.54. The highest BCUT2D eigenvalue weighted by Gasteiger charge is 2.18. The van der Waals surface area contributed by atoms with E-state index in [4.69, 9.17) is 0 Å². The summed E-state index contributed by atoms with van der Waals surface area (Å²) in [4.78, 5) is 29.2. The Bertz CT molecular complexity index is 747. The molecule has 1 amide bonds. The van der Waals surface area contributed by atoms with E-state index in [1.807, 2.05) is 18.4 Å². The number of hydrogen-bond donors (Lipinski definition) is 1. The van der Waals surface area contributed by atoms with Gasteiger partial charge in [0.25, 0.3) is 5.56 Å². The van der Waals surface area contributed by atoms with E-state index in [9.17, 15) is 9.59 Å².